The fourth-order valence-corrected chi connectivity index (χ4v) is 5.02. The Morgan fingerprint density at radius 2 is 1.94 bits per heavy atom. The molecule has 8 nitrogen and oxygen atoms in total. The number of amides is 1. The van der Waals surface area contributed by atoms with Crippen molar-refractivity contribution in [1.82, 2.24) is 10.6 Å². The van der Waals surface area contributed by atoms with Crippen molar-refractivity contribution in [3.8, 4) is 0 Å². The number of benzene rings is 1. The quantitative estimate of drug-likeness (QED) is 0.111. The zero-order valence-corrected chi connectivity index (χ0v) is 21.1. The molecular formula is C24H33N5O3S2. The van der Waals surface area contributed by atoms with Crippen molar-refractivity contribution in [3.05, 3.63) is 65.6 Å². The highest BCUT2D eigenvalue weighted by atomic mass is 33.1. The molecule has 3 N–H and O–H groups in total. The van der Waals surface area contributed by atoms with Crippen molar-refractivity contribution in [1.29, 1.82) is 0 Å². The van der Waals surface area contributed by atoms with Crippen LogP contribution in [0.3, 0.4) is 0 Å². The van der Waals surface area contributed by atoms with Gasteiger partial charge in [0.05, 0.1) is 11.8 Å². The molecule has 0 aromatic heterocycles. The molecule has 1 aromatic carbocycles. The summed E-state index contributed by atoms with van der Waals surface area (Å²) in [4.78, 5) is 29.2. The molecule has 1 aromatic rings. The molecule has 2 rings (SSSR count). The van der Waals surface area contributed by atoms with E-state index in [1.165, 1.54) is 0 Å². The normalized spacial score (nSPS) is 18.6. The molecule has 2 unspecified atom stereocenters. The number of allylic oxidation sites excluding steroid dienone is 4. The van der Waals surface area contributed by atoms with E-state index in [0.717, 1.165) is 29.3 Å². The summed E-state index contributed by atoms with van der Waals surface area (Å²) < 4.78 is 0. The van der Waals surface area contributed by atoms with Crippen LogP contribution in [0.1, 0.15) is 5.56 Å². The minimum absolute atomic E-state index is 0.0564. The van der Waals surface area contributed by atoms with Crippen LogP contribution in [0.2, 0.25) is 0 Å². The lowest BCUT2D eigenvalue weighted by Gasteiger charge is -2.17. The van der Waals surface area contributed by atoms with Gasteiger partial charge in [0.15, 0.2) is 0 Å². The van der Waals surface area contributed by atoms with E-state index in [4.69, 9.17) is 0 Å². The Bertz CT molecular complexity index is 874. The van der Waals surface area contributed by atoms with E-state index in [1.54, 1.807) is 39.8 Å². The molecule has 0 spiro atoms. The fraction of sp³-hybridized carbons (Fsp3) is 0.417. The van der Waals surface area contributed by atoms with Crippen LogP contribution in [0, 0.1) is 4.91 Å². The van der Waals surface area contributed by atoms with Gasteiger partial charge in [-0.3, -0.25) is 9.79 Å². The zero-order valence-electron chi connectivity index (χ0n) is 19.4. The lowest BCUT2D eigenvalue weighted by molar-refractivity contribution is -0.119. The molecule has 0 bridgehead atoms. The highest BCUT2D eigenvalue weighted by molar-refractivity contribution is 8.76. The van der Waals surface area contributed by atoms with Gasteiger partial charge in [0.2, 0.25) is 5.91 Å². The first-order valence-corrected chi connectivity index (χ1v) is 13.6. The van der Waals surface area contributed by atoms with E-state index < -0.39 is 12.1 Å². The van der Waals surface area contributed by atoms with Gasteiger partial charge >= 0.3 is 0 Å². The van der Waals surface area contributed by atoms with Gasteiger partial charge in [0.1, 0.15) is 12.6 Å². The minimum Gasteiger partial charge on any atom is -0.389 e. The Morgan fingerprint density at radius 3 is 2.59 bits per heavy atom. The first kappa shape index (κ1) is 27.8. The topological polar surface area (TPSA) is 106 Å². The number of carbonyl (C=O) groups excluding carboxylic acids is 1. The summed E-state index contributed by atoms with van der Waals surface area (Å²) in [5, 5.41) is 18.9. The highest BCUT2D eigenvalue weighted by Crippen LogP contribution is 2.23. The maximum absolute atomic E-state index is 12.1. The number of aliphatic hydroxyl groups is 1. The second-order valence-electron chi connectivity index (χ2n) is 7.50. The molecule has 1 amide bonds. The molecule has 2 atom stereocenters. The van der Waals surface area contributed by atoms with Gasteiger partial charge < -0.3 is 20.6 Å². The van der Waals surface area contributed by atoms with Gasteiger partial charge in [-0.15, -0.1) is 0 Å². The summed E-state index contributed by atoms with van der Waals surface area (Å²) in [6, 6.07) is 7.20. The molecular weight excluding hydrogens is 470 g/mol. The van der Waals surface area contributed by atoms with Crippen LogP contribution < -0.4 is 15.5 Å². The van der Waals surface area contributed by atoms with Gasteiger partial charge in [-0.05, 0) is 36.9 Å². The van der Waals surface area contributed by atoms with Crippen LogP contribution in [-0.2, 0) is 4.79 Å². The SMILES string of the molecule is C=C/C=C\C(/C=C/c1ccc(N2CC(O)C(N=O)C2)cc1)=NCC(=O)NCCSSCCNC. The Kier molecular flexibility index (Phi) is 13.3. The third kappa shape index (κ3) is 10.3. The summed E-state index contributed by atoms with van der Waals surface area (Å²) in [6.07, 6.45) is 8.28. The van der Waals surface area contributed by atoms with E-state index in [0.29, 0.717) is 25.3 Å². The van der Waals surface area contributed by atoms with Crippen LogP contribution in [-0.4, -0.2) is 80.1 Å². The van der Waals surface area contributed by atoms with Crippen molar-refractivity contribution >= 4 is 45.0 Å². The van der Waals surface area contributed by atoms with Gasteiger partial charge in [-0.2, -0.15) is 4.91 Å². The lowest BCUT2D eigenvalue weighted by atomic mass is 10.1. The van der Waals surface area contributed by atoms with Crippen molar-refractivity contribution in [2.24, 2.45) is 10.2 Å². The molecule has 0 radical (unpaired) electrons. The number of hydrogen-bond donors (Lipinski definition) is 3. The van der Waals surface area contributed by atoms with E-state index in [9.17, 15) is 14.8 Å². The first-order valence-electron chi connectivity index (χ1n) is 11.1. The van der Waals surface area contributed by atoms with Gasteiger partial charge in [0.25, 0.3) is 0 Å². The predicted octanol–water partition coefficient (Wildman–Crippen LogP) is 2.92. The summed E-state index contributed by atoms with van der Waals surface area (Å²) in [7, 11) is 5.46. The van der Waals surface area contributed by atoms with Gasteiger partial charge in [0, 0.05) is 43.4 Å². The number of aliphatic imine (C=N–C) groups is 1. The second kappa shape index (κ2) is 16.3. The predicted molar refractivity (Wildman–Crippen MR) is 147 cm³/mol. The number of carbonyl (C=O) groups is 1. The third-order valence-corrected chi connectivity index (χ3v) is 7.34. The Balaban J connectivity index is 1.86. The van der Waals surface area contributed by atoms with Crippen LogP contribution in [0.25, 0.3) is 6.08 Å². The molecule has 1 aliphatic heterocycles. The third-order valence-electron chi connectivity index (χ3n) is 4.93. The molecule has 1 heterocycles. The van der Waals surface area contributed by atoms with Crippen LogP contribution in [0.15, 0.2) is 65.3 Å². The van der Waals surface area contributed by atoms with Crippen molar-refractivity contribution in [2.75, 3.05) is 56.2 Å². The van der Waals surface area contributed by atoms with Gasteiger partial charge in [-0.1, -0.05) is 63.7 Å². The van der Waals surface area contributed by atoms with Crippen molar-refractivity contribution < 1.29 is 9.90 Å². The zero-order chi connectivity index (χ0) is 24.6. The molecule has 0 saturated carbocycles. The standard InChI is InChI=1S/C24H33N5O3S2/c1-3-4-5-20(27-16-24(31)26-13-15-34-33-14-12-25-2)9-6-19-7-10-21(11-8-19)29-17-22(28-32)23(30)18-29/h3-11,22-23,25,30H,1,12-18H2,2H3,(H,26,31)/b5-4-,9-6+,27-20?. The number of nitrogens with one attached hydrogen (secondary N) is 2. The van der Waals surface area contributed by atoms with Crippen LogP contribution in [0.4, 0.5) is 5.69 Å². The minimum atomic E-state index is -0.731. The average molecular weight is 504 g/mol. The number of rotatable bonds is 15. The molecule has 184 valence electrons. The maximum atomic E-state index is 12.1. The average Bonchev–Trinajstić information content (AvgIpc) is 3.23. The van der Waals surface area contributed by atoms with Gasteiger partial charge in [-0.25, -0.2) is 0 Å². The number of aliphatic hydroxyl groups excluding tert-OH is 1. The number of nitroso groups, excluding NO2 is 1. The summed E-state index contributed by atoms with van der Waals surface area (Å²) in [5.74, 6) is 1.78. The van der Waals surface area contributed by atoms with E-state index in [2.05, 4.69) is 27.4 Å². The molecule has 34 heavy (non-hydrogen) atoms. The maximum Gasteiger partial charge on any atom is 0.241 e. The first-order chi connectivity index (χ1) is 16.6. The monoisotopic (exact) mass is 503 g/mol. The van der Waals surface area contributed by atoms with Crippen molar-refractivity contribution in [2.45, 2.75) is 12.1 Å². The largest absolute Gasteiger partial charge is 0.389 e. The number of anilines is 1. The number of β-amino-alcohol motifs (C(OH)–C–C–N with tert-alkyl or cyclic N) is 1. The summed E-state index contributed by atoms with van der Waals surface area (Å²) in [6.45, 7) is 6.14. The number of nitrogens with zero attached hydrogens (tertiary/aromatic N) is 3. The Hall–Kier alpha value is -2.40. The molecule has 10 heteroatoms. The second-order valence-corrected chi connectivity index (χ2v) is 10.2. The van der Waals surface area contributed by atoms with Crippen LogP contribution >= 0.6 is 21.6 Å². The molecule has 1 saturated heterocycles. The van der Waals surface area contributed by atoms with Crippen molar-refractivity contribution in [3.63, 3.8) is 0 Å². The van der Waals surface area contributed by atoms with E-state index in [1.807, 2.05) is 48.4 Å². The fourth-order valence-electron chi connectivity index (χ4n) is 3.10. The molecule has 0 aliphatic carbocycles. The lowest BCUT2D eigenvalue weighted by Crippen LogP contribution is -2.28. The molecule has 1 fully saturated rings. The van der Waals surface area contributed by atoms with E-state index >= 15 is 0 Å². The Morgan fingerprint density at radius 1 is 1.21 bits per heavy atom. The highest BCUT2D eigenvalue weighted by Gasteiger charge is 2.32. The van der Waals surface area contributed by atoms with E-state index in [-0.39, 0.29) is 12.5 Å². The number of hydrogen-bond acceptors (Lipinski definition) is 9. The van der Waals surface area contributed by atoms with Crippen LogP contribution in [0.5, 0.6) is 0 Å². The summed E-state index contributed by atoms with van der Waals surface area (Å²) >= 11 is 0. The smallest absolute Gasteiger partial charge is 0.241 e. The summed E-state index contributed by atoms with van der Waals surface area (Å²) in [5.41, 5.74) is 2.56. The Labute approximate surface area is 209 Å². The molecule has 1 aliphatic rings.